The third-order valence-electron chi connectivity index (χ3n) is 2.21. The molecule has 116 valence electrons. The summed E-state index contributed by atoms with van der Waals surface area (Å²) in [7, 11) is -3.26. The summed E-state index contributed by atoms with van der Waals surface area (Å²) in [5, 5.41) is 13.3. The van der Waals surface area contributed by atoms with Crippen molar-refractivity contribution in [3.05, 3.63) is 0 Å². The molecule has 0 aromatic carbocycles. The largest absolute Gasteiger partial charge is 0.480 e. The van der Waals surface area contributed by atoms with E-state index in [0.29, 0.717) is 0 Å². The van der Waals surface area contributed by atoms with Crippen molar-refractivity contribution in [3.8, 4) is 0 Å². The Balaban J connectivity index is 4.39. The van der Waals surface area contributed by atoms with Gasteiger partial charge in [-0.25, -0.2) is 18.0 Å². The summed E-state index contributed by atoms with van der Waals surface area (Å²) in [6.45, 7) is 1.47. The van der Waals surface area contributed by atoms with Crippen LogP contribution < -0.4 is 16.4 Å². The molecule has 0 aliphatic carbocycles. The molecule has 0 fully saturated rings. The number of primary amides is 1. The van der Waals surface area contributed by atoms with Crippen LogP contribution in [0.5, 0.6) is 0 Å². The molecule has 0 saturated carbocycles. The molecule has 1 unspecified atom stereocenters. The third-order valence-corrected chi connectivity index (χ3v) is 3.32. The number of nitrogens with two attached hydrogens (primary N) is 1. The first-order valence-electron chi connectivity index (χ1n) is 5.77. The van der Waals surface area contributed by atoms with Crippen molar-refractivity contribution < 1.29 is 27.9 Å². The molecular formula is C10H19N3O6S. The van der Waals surface area contributed by atoms with Gasteiger partial charge in [0.05, 0.1) is 5.75 Å². The van der Waals surface area contributed by atoms with Crippen LogP contribution in [0.25, 0.3) is 0 Å². The second-order valence-electron chi connectivity index (χ2n) is 4.51. The zero-order chi connectivity index (χ0) is 15.9. The van der Waals surface area contributed by atoms with E-state index in [1.54, 1.807) is 0 Å². The molecule has 10 heteroatoms. The average Bonchev–Trinajstić information content (AvgIpc) is 2.20. The van der Waals surface area contributed by atoms with Crippen LogP contribution in [-0.2, 0) is 19.4 Å². The van der Waals surface area contributed by atoms with Gasteiger partial charge in [0.2, 0.25) is 5.91 Å². The third kappa shape index (κ3) is 9.14. The molecule has 3 amide bonds. The highest BCUT2D eigenvalue weighted by Gasteiger charge is 2.21. The number of hydrogen-bond acceptors (Lipinski definition) is 5. The fraction of sp³-hybridized carbons (Fsp3) is 0.700. The van der Waals surface area contributed by atoms with E-state index in [2.05, 4.69) is 10.6 Å². The van der Waals surface area contributed by atoms with Crippen LogP contribution in [0.15, 0.2) is 0 Å². The summed E-state index contributed by atoms with van der Waals surface area (Å²) < 4.78 is 22.0. The lowest BCUT2D eigenvalue weighted by molar-refractivity contribution is -0.139. The summed E-state index contributed by atoms with van der Waals surface area (Å²) in [4.78, 5) is 33.0. The molecule has 0 heterocycles. The predicted octanol–water partition coefficient (Wildman–Crippen LogP) is -1.56. The number of aliphatic carboxylic acids is 1. The number of nitrogens with one attached hydrogen (secondary N) is 2. The SMILES string of the molecule is CC(CS(C)(=O)=O)NC(=O)N[C@H](CCC(N)=O)C(=O)O. The first-order chi connectivity index (χ1) is 9.01. The highest BCUT2D eigenvalue weighted by Crippen LogP contribution is 1.98. The highest BCUT2D eigenvalue weighted by molar-refractivity contribution is 7.90. The van der Waals surface area contributed by atoms with Gasteiger partial charge >= 0.3 is 12.0 Å². The number of sulfone groups is 1. The molecule has 0 aromatic heterocycles. The smallest absolute Gasteiger partial charge is 0.326 e. The van der Waals surface area contributed by atoms with Crippen LogP contribution in [0.3, 0.4) is 0 Å². The predicted molar refractivity (Wildman–Crippen MR) is 70.7 cm³/mol. The van der Waals surface area contributed by atoms with Gasteiger partial charge in [-0.2, -0.15) is 0 Å². The van der Waals surface area contributed by atoms with E-state index in [4.69, 9.17) is 10.8 Å². The van der Waals surface area contributed by atoms with Gasteiger partial charge in [-0.05, 0) is 13.3 Å². The lowest BCUT2D eigenvalue weighted by Crippen LogP contribution is -2.49. The van der Waals surface area contributed by atoms with Crippen molar-refractivity contribution in [3.63, 3.8) is 0 Å². The molecule has 2 atom stereocenters. The van der Waals surface area contributed by atoms with Gasteiger partial charge in [-0.3, -0.25) is 4.79 Å². The molecular weight excluding hydrogens is 290 g/mol. The fourth-order valence-electron chi connectivity index (χ4n) is 1.46. The van der Waals surface area contributed by atoms with Crippen LogP contribution in [0.2, 0.25) is 0 Å². The van der Waals surface area contributed by atoms with E-state index in [1.807, 2.05) is 0 Å². The summed E-state index contributed by atoms with van der Waals surface area (Å²) >= 11 is 0. The standard InChI is InChI=1S/C10H19N3O6S/c1-6(5-20(2,18)19)12-10(17)13-7(9(15)16)3-4-8(11)14/h6-7H,3-5H2,1-2H3,(H2,11,14)(H,15,16)(H2,12,13,17)/t6?,7-/m1/s1. The van der Waals surface area contributed by atoms with Crippen LogP contribution >= 0.6 is 0 Å². The molecule has 20 heavy (non-hydrogen) atoms. The molecule has 0 aliphatic heterocycles. The van der Waals surface area contributed by atoms with E-state index >= 15 is 0 Å². The Kier molecular flexibility index (Phi) is 6.97. The second kappa shape index (κ2) is 7.68. The molecule has 0 bridgehead atoms. The van der Waals surface area contributed by atoms with Crippen molar-refractivity contribution in [2.24, 2.45) is 5.73 Å². The van der Waals surface area contributed by atoms with Gasteiger partial charge in [0.15, 0.2) is 0 Å². The molecule has 0 rings (SSSR count). The number of carbonyl (C=O) groups is 3. The molecule has 0 aromatic rings. The zero-order valence-corrected chi connectivity index (χ0v) is 12.1. The Morgan fingerprint density at radius 2 is 1.80 bits per heavy atom. The minimum atomic E-state index is -3.26. The van der Waals surface area contributed by atoms with E-state index in [0.717, 1.165) is 6.26 Å². The van der Waals surface area contributed by atoms with Gasteiger partial charge in [0, 0.05) is 18.7 Å². The monoisotopic (exact) mass is 309 g/mol. The van der Waals surface area contributed by atoms with Crippen LogP contribution in [0.1, 0.15) is 19.8 Å². The lowest BCUT2D eigenvalue weighted by Gasteiger charge is -2.17. The molecule has 0 spiro atoms. The number of carboxylic acid groups (broad SMARTS) is 1. The zero-order valence-electron chi connectivity index (χ0n) is 11.3. The van der Waals surface area contributed by atoms with Gasteiger partial charge in [0.1, 0.15) is 15.9 Å². The van der Waals surface area contributed by atoms with E-state index in [-0.39, 0.29) is 18.6 Å². The minimum absolute atomic E-state index is 0.140. The number of amides is 3. The van der Waals surface area contributed by atoms with E-state index < -0.39 is 39.8 Å². The normalized spacial score (nSPS) is 14.1. The lowest BCUT2D eigenvalue weighted by atomic mass is 10.1. The number of carboxylic acids is 1. The summed E-state index contributed by atoms with van der Waals surface area (Å²) in [5.74, 6) is -2.25. The molecule has 0 aliphatic rings. The van der Waals surface area contributed by atoms with Crippen molar-refractivity contribution in [2.45, 2.75) is 31.8 Å². The summed E-state index contributed by atoms with van der Waals surface area (Å²) in [6, 6.07) is -2.76. The fourth-order valence-corrected chi connectivity index (χ4v) is 2.46. The maximum absolute atomic E-state index is 11.5. The van der Waals surface area contributed by atoms with Gasteiger partial charge < -0.3 is 21.5 Å². The minimum Gasteiger partial charge on any atom is -0.480 e. The van der Waals surface area contributed by atoms with Crippen molar-refractivity contribution >= 4 is 27.7 Å². The molecule has 5 N–H and O–H groups in total. The van der Waals surface area contributed by atoms with Crippen molar-refractivity contribution in [2.75, 3.05) is 12.0 Å². The average molecular weight is 309 g/mol. The Bertz CT molecular complexity index is 475. The quantitative estimate of drug-likeness (QED) is 0.425. The summed E-state index contributed by atoms with van der Waals surface area (Å²) in [6.07, 6.45) is 0.699. The first kappa shape index (κ1) is 18.2. The molecule has 0 saturated heterocycles. The number of rotatable bonds is 8. The van der Waals surface area contributed by atoms with Crippen molar-refractivity contribution in [1.82, 2.24) is 10.6 Å². The van der Waals surface area contributed by atoms with Gasteiger partial charge in [0.25, 0.3) is 0 Å². The Morgan fingerprint density at radius 1 is 1.25 bits per heavy atom. The molecule has 9 nitrogen and oxygen atoms in total. The van der Waals surface area contributed by atoms with Crippen LogP contribution in [-0.4, -0.2) is 55.5 Å². The van der Waals surface area contributed by atoms with Gasteiger partial charge in [-0.1, -0.05) is 0 Å². The number of urea groups is 1. The number of hydrogen-bond donors (Lipinski definition) is 4. The molecule has 0 radical (unpaired) electrons. The van der Waals surface area contributed by atoms with Gasteiger partial charge in [-0.15, -0.1) is 0 Å². The van der Waals surface area contributed by atoms with E-state index in [1.165, 1.54) is 6.92 Å². The second-order valence-corrected chi connectivity index (χ2v) is 6.69. The maximum atomic E-state index is 11.5. The summed E-state index contributed by atoms with van der Waals surface area (Å²) in [5.41, 5.74) is 4.89. The van der Waals surface area contributed by atoms with Crippen LogP contribution in [0, 0.1) is 0 Å². The maximum Gasteiger partial charge on any atom is 0.326 e. The highest BCUT2D eigenvalue weighted by atomic mass is 32.2. The Morgan fingerprint density at radius 3 is 2.20 bits per heavy atom. The van der Waals surface area contributed by atoms with Crippen molar-refractivity contribution in [1.29, 1.82) is 0 Å². The number of carbonyl (C=O) groups excluding carboxylic acids is 2. The Labute approximate surface area is 116 Å². The van der Waals surface area contributed by atoms with Crippen LogP contribution in [0.4, 0.5) is 4.79 Å². The Hall–Kier alpha value is -1.84. The topological polar surface area (TPSA) is 156 Å². The van der Waals surface area contributed by atoms with E-state index in [9.17, 15) is 22.8 Å². The first-order valence-corrected chi connectivity index (χ1v) is 7.83.